The number of ether oxygens (including phenoxy) is 1. The molecule has 132 valence electrons. The molecule has 0 saturated carbocycles. The molecular weight excluding hydrogens is 330 g/mol. The zero-order chi connectivity index (χ0) is 18.5. The van der Waals surface area contributed by atoms with Gasteiger partial charge in [-0.05, 0) is 11.1 Å². The highest BCUT2D eigenvalue weighted by Gasteiger charge is 2.19. The summed E-state index contributed by atoms with van der Waals surface area (Å²) >= 11 is 0. The summed E-state index contributed by atoms with van der Waals surface area (Å²) in [4.78, 5) is 28.0. The first-order valence-electron chi connectivity index (χ1n) is 8.12. The van der Waals surface area contributed by atoms with Gasteiger partial charge >= 0.3 is 0 Å². The van der Waals surface area contributed by atoms with Gasteiger partial charge in [0, 0.05) is 7.05 Å². The van der Waals surface area contributed by atoms with E-state index in [9.17, 15) is 9.59 Å². The topological polar surface area (TPSA) is 73.2 Å². The standard InChI is InChI=1S/C20H19N3O3/c1-23-19(25)18(26-2)16(13-24)21-20(23)22-17(14-9-5-3-6-10-14)15-11-7-4-8-12-15/h3-13,17H,1-2H3,(H,21,22). The summed E-state index contributed by atoms with van der Waals surface area (Å²) in [6.45, 7) is 0. The molecule has 3 rings (SSSR count). The van der Waals surface area contributed by atoms with Gasteiger partial charge in [0.25, 0.3) is 5.56 Å². The third-order valence-electron chi connectivity index (χ3n) is 4.13. The number of aldehydes is 1. The number of carbonyl (C=O) groups excluding carboxylic acids is 1. The van der Waals surface area contributed by atoms with Gasteiger partial charge in [0.05, 0.1) is 13.2 Å². The maximum atomic E-state index is 12.5. The van der Waals surface area contributed by atoms with E-state index in [0.717, 1.165) is 11.1 Å². The monoisotopic (exact) mass is 349 g/mol. The second-order valence-electron chi connectivity index (χ2n) is 5.73. The number of nitrogens with one attached hydrogen (secondary N) is 1. The lowest BCUT2D eigenvalue weighted by Gasteiger charge is -2.22. The van der Waals surface area contributed by atoms with Gasteiger partial charge in [-0.2, -0.15) is 0 Å². The molecule has 1 heterocycles. The van der Waals surface area contributed by atoms with Crippen molar-refractivity contribution in [1.29, 1.82) is 0 Å². The van der Waals surface area contributed by atoms with Crippen molar-refractivity contribution in [2.75, 3.05) is 12.4 Å². The first kappa shape index (κ1) is 17.4. The SMILES string of the molecule is COc1c(C=O)nc(NC(c2ccccc2)c2ccccc2)n(C)c1=O. The van der Waals surface area contributed by atoms with Crippen molar-refractivity contribution >= 4 is 12.2 Å². The molecule has 0 fully saturated rings. The highest BCUT2D eigenvalue weighted by Crippen LogP contribution is 2.26. The number of rotatable bonds is 6. The first-order valence-corrected chi connectivity index (χ1v) is 8.12. The lowest BCUT2D eigenvalue weighted by Crippen LogP contribution is -2.27. The first-order chi connectivity index (χ1) is 12.7. The van der Waals surface area contributed by atoms with Crippen molar-refractivity contribution in [3.05, 3.63) is 87.8 Å². The maximum Gasteiger partial charge on any atom is 0.297 e. The van der Waals surface area contributed by atoms with E-state index in [1.807, 2.05) is 60.7 Å². The quantitative estimate of drug-likeness (QED) is 0.693. The van der Waals surface area contributed by atoms with Crippen LogP contribution >= 0.6 is 0 Å². The van der Waals surface area contributed by atoms with Gasteiger partial charge in [-0.25, -0.2) is 4.98 Å². The van der Waals surface area contributed by atoms with E-state index in [4.69, 9.17) is 4.74 Å². The molecule has 2 aromatic carbocycles. The Morgan fingerprint density at radius 3 is 2.04 bits per heavy atom. The molecule has 0 atom stereocenters. The largest absolute Gasteiger partial charge is 0.489 e. The molecule has 0 saturated heterocycles. The Kier molecular flexibility index (Phi) is 5.12. The highest BCUT2D eigenvalue weighted by molar-refractivity contribution is 5.76. The summed E-state index contributed by atoms with van der Waals surface area (Å²) in [6, 6.07) is 19.4. The number of nitrogens with zero attached hydrogens (tertiary/aromatic N) is 2. The molecule has 0 bridgehead atoms. The smallest absolute Gasteiger partial charge is 0.297 e. The van der Waals surface area contributed by atoms with Crippen molar-refractivity contribution in [3.8, 4) is 5.75 Å². The zero-order valence-electron chi connectivity index (χ0n) is 14.5. The minimum Gasteiger partial charge on any atom is -0.489 e. The number of aromatic nitrogens is 2. The Balaban J connectivity index is 2.10. The molecule has 6 nitrogen and oxygen atoms in total. The van der Waals surface area contributed by atoms with Crippen molar-refractivity contribution in [1.82, 2.24) is 9.55 Å². The number of hydrogen-bond acceptors (Lipinski definition) is 5. The predicted octanol–water partition coefficient (Wildman–Crippen LogP) is 2.80. The van der Waals surface area contributed by atoms with Gasteiger partial charge in [-0.15, -0.1) is 0 Å². The molecule has 3 aromatic rings. The number of methoxy groups -OCH3 is 1. The van der Waals surface area contributed by atoms with Crippen LogP contribution in [-0.2, 0) is 7.05 Å². The fraction of sp³-hybridized carbons (Fsp3) is 0.150. The second kappa shape index (κ2) is 7.65. The van der Waals surface area contributed by atoms with Crippen molar-refractivity contribution < 1.29 is 9.53 Å². The Morgan fingerprint density at radius 1 is 1.04 bits per heavy atom. The molecular formula is C20H19N3O3. The molecule has 0 aliphatic carbocycles. The van der Waals surface area contributed by atoms with Crippen LogP contribution in [0.15, 0.2) is 65.5 Å². The van der Waals surface area contributed by atoms with Crippen LogP contribution in [0.1, 0.15) is 27.7 Å². The molecule has 26 heavy (non-hydrogen) atoms. The maximum absolute atomic E-state index is 12.5. The lowest BCUT2D eigenvalue weighted by atomic mass is 9.99. The number of carbonyl (C=O) groups is 1. The van der Waals surface area contributed by atoms with E-state index in [1.165, 1.54) is 11.7 Å². The van der Waals surface area contributed by atoms with Crippen LogP contribution < -0.4 is 15.6 Å². The Labute approximate surface area is 151 Å². The van der Waals surface area contributed by atoms with E-state index < -0.39 is 5.56 Å². The predicted molar refractivity (Wildman–Crippen MR) is 99.8 cm³/mol. The third-order valence-corrected chi connectivity index (χ3v) is 4.13. The molecule has 0 unspecified atom stereocenters. The van der Waals surface area contributed by atoms with Gasteiger partial charge in [-0.1, -0.05) is 60.7 Å². The Morgan fingerprint density at radius 2 is 1.58 bits per heavy atom. The van der Waals surface area contributed by atoms with Gasteiger partial charge in [0.15, 0.2) is 12.0 Å². The third kappa shape index (κ3) is 3.35. The minimum absolute atomic E-state index is 0.0297. The molecule has 0 spiro atoms. The number of hydrogen-bond donors (Lipinski definition) is 1. The van der Waals surface area contributed by atoms with Crippen LogP contribution in [-0.4, -0.2) is 22.9 Å². The van der Waals surface area contributed by atoms with Gasteiger partial charge in [0.2, 0.25) is 11.7 Å². The summed E-state index contributed by atoms with van der Waals surface area (Å²) in [5, 5.41) is 3.28. The van der Waals surface area contributed by atoms with Gasteiger partial charge in [0.1, 0.15) is 0 Å². The second-order valence-corrected chi connectivity index (χ2v) is 5.73. The fourth-order valence-electron chi connectivity index (χ4n) is 2.78. The molecule has 1 aromatic heterocycles. The highest BCUT2D eigenvalue weighted by atomic mass is 16.5. The van der Waals surface area contributed by atoms with E-state index in [0.29, 0.717) is 6.29 Å². The van der Waals surface area contributed by atoms with Crippen LogP contribution in [0.4, 0.5) is 5.95 Å². The summed E-state index contributed by atoms with van der Waals surface area (Å²) < 4.78 is 6.36. The van der Waals surface area contributed by atoms with Gasteiger partial charge in [-0.3, -0.25) is 14.2 Å². The minimum atomic E-state index is -0.424. The summed E-state index contributed by atoms with van der Waals surface area (Å²) in [5.74, 6) is 0.222. The molecule has 6 heteroatoms. The average Bonchev–Trinajstić information content (AvgIpc) is 2.70. The lowest BCUT2D eigenvalue weighted by molar-refractivity contribution is 0.111. The van der Waals surface area contributed by atoms with Crippen LogP contribution in [0, 0.1) is 0 Å². The molecule has 0 aliphatic rings. The van der Waals surface area contributed by atoms with Crippen LogP contribution in [0.3, 0.4) is 0 Å². The molecule has 0 aliphatic heterocycles. The number of benzene rings is 2. The zero-order valence-corrected chi connectivity index (χ0v) is 14.5. The van der Waals surface area contributed by atoms with Crippen LogP contribution in [0.5, 0.6) is 5.75 Å². The van der Waals surface area contributed by atoms with Crippen molar-refractivity contribution in [2.24, 2.45) is 7.05 Å². The van der Waals surface area contributed by atoms with E-state index in [-0.39, 0.29) is 23.4 Å². The van der Waals surface area contributed by atoms with Crippen molar-refractivity contribution in [2.45, 2.75) is 6.04 Å². The Bertz CT molecular complexity index is 914. The normalized spacial score (nSPS) is 10.6. The number of anilines is 1. The summed E-state index contributed by atoms with van der Waals surface area (Å²) in [7, 11) is 2.93. The van der Waals surface area contributed by atoms with E-state index in [2.05, 4.69) is 10.3 Å². The van der Waals surface area contributed by atoms with E-state index >= 15 is 0 Å². The average molecular weight is 349 g/mol. The summed E-state index contributed by atoms with van der Waals surface area (Å²) in [6.07, 6.45) is 0.519. The fourth-order valence-corrected chi connectivity index (χ4v) is 2.78. The molecule has 1 N–H and O–H groups in total. The summed E-state index contributed by atoms with van der Waals surface area (Å²) in [5.41, 5.74) is 1.57. The molecule has 0 amide bonds. The molecule has 0 radical (unpaired) electrons. The van der Waals surface area contributed by atoms with Crippen LogP contribution in [0.2, 0.25) is 0 Å². The Hall–Kier alpha value is -3.41. The van der Waals surface area contributed by atoms with E-state index in [1.54, 1.807) is 7.05 Å². The van der Waals surface area contributed by atoms with Gasteiger partial charge < -0.3 is 10.1 Å². The van der Waals surface area contributed by atoms with Crippen LogP contribution in [0.25, 0.3) is 0 Å². The van der Waals surface area contributed by atoms with Crippen molar-refractivity contribution in [3.63, 3.8) is 0 Å².